The van der Waals surface area contributed by atoms with Gasteiger partial charge in [0.2, 0.25) is 0 Å². The zero-order chi connectivity index (χ0) is 26.0. The highest BCUT2D eigenvalue weighted by Gasteiger charge is 2.21. The van der Waals surface area contributed by atoms with E-state index >= 15 is 0 Å². The minimum Gasteiger partial charge on any atom is -0.465 e. The Morgan fingerprint density at radius 2 is 1.57 bits per heavy atom. The lowest BCUT2D eigenvalue weighted by atomic mass is 10.0. The van der Waals surface area contributed by atoms with Gasteiger partial charge >= 0.3 is 5.97 Å². The van der Waals surface area contributed by atoms with E-state index in [1.54, 1.807) is 12.1 Å². The molecule has 0 aliphatic heterocycles. The van der Waals surface area contributed by atoms with Crippen molar-refractivity contribution in [3.05, 3.63) is 100 Å². The number of aryl methyl sites for hydroxylation is 1. The van der Waals surface area contributed by atoms with Crippen molar-refractivity contribution in [2.45, 2.75) is 58.4 Å². The molecule has 3 aromatic rings. The summed E-state index contributed by atoms with van der Waals surface area (Å²) in [6, 6.07) is 21.6. The maximum atomic E-state index is 14.3. The van der Waals surface area contributed by atoms with Crippen LogP contribution in [0.1, 0.15) is 78.1 Å². The number of halogens is 1. The average molecular weight is 498 g/mol. The van der Waals surface area contributed by atoms with E-state index in [1.165, 1.54) is 57.3 Å². The molecular weight excluding hydrogens is 461 g/mol. The smallest absolute Gasteiger partial charge is 0.340 e. The summed E-state index contributed by atoms with van der Waals surface area (Å²) in [6.45, 7) is 3.76. The molecule has 0 amide bonds. The van der Waals surface area contributed by atoms with E-state index in [-0.39, 0.29) is 5.56 Å². The quantitative estimate of drug-likeness (QED) is 0.226. The van der Waals surface area contributed by atoms with Crippen LogP contribution in [0.5, 0.6) is 0 Å². The number of carbonyl (C=O) groups is 1. The second-order valence-corrected chi connectivity index (χ2v) is 9.93. The van der Waals surface area contributed by atoms with E-state index in [2.05, 4.69) is 72.2 Å². The van der Waals surface area contributed by atoms with E-state index in [0.717, 1.165) is 35.3 Å². The molecule has 1 aliphatic carbocycles. The van der Waals surface area contributed by atoms with Crippen molar-refractivity contribution >= 4 is 11.7 Å². The van der Waals surface area contributed by atoms with Crippen LogP contribution in [-0.2, 0) is 17.7 Å². The number of nitrogens with zero attached hydrogens (tertiary/aromatic N) is 1. The summed E-state index contributed by atoms with van der Waals surface area (Å²) in [6.07, 6.45) is 8.45. The Labute approximate surface area is 220 Å². The number of carbonyl (C=O) groups excluding carboxylic acids is 1. The molecule has 0 radical (unpaired) electrons. The molecule has 3 nitrogen and oxygen atoms in total. The minimum atomic E-state index is -0.654. The van der Waals surface area contributed by atoms with Crippen molar-refractivity contribution in [2.75, 3.05) is 18.6 Å². The Morgan fingerprint density at radius 1 is 0.946 bits per heavy atom. The van der Waals surface area contributed by atoms with Crippen LogP contribution in [-0.4, -0.2) is 19.6 Å². The van der Waals surface area contributed by atoms with Crippen LogP contribution in [0.15, 0.2) is 66.7 Å². The van der Waals surface area contributed by atoms with Gasteiger partial charge in [-0.2, -0.15) is 0 Å². The molecule has 4 rings (SSSR count). The van der Waals surface area contributed by atoms with Crippen LogP contribution in [0.25, 0.3) is 0 Å². The third-order valence-corrected chi connectivity index (χ3v) is 7.13. The van der Waals surface area contributed by atoms with Gasteiger partial charge in [-0.1, -0.05) is 62.3 Å². The Morgan fingerprint density at radius 3 is 2.16 bits per heavy atom. The molecule has 192 valence electrons. The van der Waals surface area contributed by atoms with Crippen LogP contribution < -0.4 is 4.90 Å². The van der Waals surface area contributed by atoms with Crippen LogP contribution in [0, 0.1) is 23.6 Å². The van der Waals surface area contributed by atoms with Crippen LogP contribution >= 0.6 is 0 Å². The number of methoxy groups -OCH3 is 1. The van der Waals surface area contributed by atoms with Crippen LogP contribution in [0.2, 0.25) is 0 Å². The molecule has 1 aliphatic rings. The summed E-state index contributed by atoms with van der Waals surface area (Å²) in [5.41, 5.74) is 5.30. The van der Waals surface area contributed by atoms with Crippen molar-refractivity contribution in [3.63, 3.8) is 0 Å². The first kappa shape index (κ1) is 26.5. The third-order valence-electron chi connectivity index (χ3n) is 7.13. The summed E-state index contributed by atoms with van der Waals surface area (Å²) in [5.74, 6) is 5.92. The fraction of sp³-hybridized carbons (Fsp3) is 0.364. The maximum Gasteiger partial charge on any atom is 0.340 e. The first-order valence-electron chi connectivity index (χ1n) is 13.4. The SMILES string of the molecule is CCCCc1ccc(C#Cc2ccc(CN(CC3CCCC3)c3ccc(F)c(C(=O)OC)c3)cc2)cc1. The Balaban J connectivity index is 1.48. The molecule has 37 heavy (non-hydrogen) atoms. The van der Waals surface area contributed by atoms with E-state index in [1.807, 2.05) is 0 Å². The Bertz CT molecular complexity index is 1230. The number of unbranched alkanes of at least 4 members (excludes halogenated alkanes) is 1. The van der Waals surface area contributed by atoms with E-state index in [4.69, 9.17) is 4.74 Å². The summed E-state index contributed by atoms with van der Waals surface area (Å²) in [7, 11) is 1.28. The molecule has 0 bridgehead atoms. The van der Waals surface area contributed by atoms with Crippen molar-refractivity contribution in [1.29, 1.82) is 0 Å². The second-order valence-electron chi connectivity index (χ2n) is 9.93. The summed E-state index contributed by atoms with van der Waals surface area (Å²) < 4.78 is 19.1. The lowest BCUT2D eigenvalue weighted by Crippen LogP contribution is -2.28. The summed E-state index contributed by atoms with van der Waals surface area (Å²) in [5, 5.41) is 0. The number of rotatable bonds is 9. The van der Waals surface area contributed by atoms with Gasteiger partial charge in [-0.15, -0.1) is 0 Å². The van der Waals surface area contributed by atoms with Gasteiger partial charge in [0.15, 0.2) is 0 Å². The highest BCUT2D eigenvalue weighted by molar-refractivity contribution is 5.90. The third kappa shape index (κ3) is 7.46. The van der Waals surface area contributed by atoms with Gasteiger partial charge in [-0.25, -0.2) is 9.18 Å². The predicted octanol–water partition coefficient (Wildman–Crippen LogP) is 7.55. The molecule has 0 saturated heterocycles. The zero-order valence-corrected chi connectivity index (χ0v) is 21.9. The molecule has 0 unspecified atom stereocenters. The van der Waals surface area contributed by atoms with Gasteiger partial charge in [0.1, 0.15) is 5.82 Å². The Hall–Kier alpha value is -3.58. The first-order valence-corrected chi connectivity index (χ1v) is 13.4. The first-order chi connectivity index (χ1) is 18.1. The molecule has 0 aromatic heterocycles. The predicted molar refractivity (Wildman–Crippen MR) is 148 cm³/mol. The standard InChI is InChI=1S/C33H36FNO2/c1-3-4-7-25-10-12-26(13-11-25)14-15-27-16-18-29(19-17-27)24-35(23-28-8-5-6-9-28)30-20-21-32(34)31(22-30)33(36)37-2/h10-13,16-22,28H,3-9,23-24H2,1-2H3. The topological polar surface area (TPSA) is 29.5 Å². The van der Waals surface area contributed by atoms with Gasteiger partial charge in [-0.05, 0) is 85.2 Å². The molecule has 1 fully saturated rings. The van der Waals surface area contributed by atoms with E-state index in [0.29, 0.717) is 12.5 Å². The molecule has 4 heteroatoms. The van der Waals surface area contributed by atoms with Gasteiger partial charge < -0.3 is 9.64 Å². The minimum absolute atomic E-state index is 0.0274. The number of ether oxygens (including phenoxy) is 1. The highest BCUT2D eigenvalue weighted by Crippen LogP contribution is 2.29. The number of benzene rings is 3. The van der Waals surface area contributed by atoms with Crippen molar-refractivity contribution in [3.8, 4) is 11.8 Å². The molecule has 0 heterocycles. The van der Waals surface area contributed by atoms with Crippen molar-refractivity contribution in [2.24, 2.45) is 5.92 Å². The summed E-state index contributed by atoms with van der Waals surface area (Å²) >= 11 is 0. The van der Waals surface area contributed by atoms with Gasteiger partial charge in [0.05, 0.1) is 12.7 Å². The molecular formula is C33H36FNO2. The number of hydrogen-bond acceptors (Lipinski definition) is 3. The van der Waals surface area contributed by atoms with Gasteiger partial charge in [-0.3, -0.25) is 0 Å². The van der Waals surface area contributed by atoms with E-state index < -0.39 is 11.8 Å². The monoisotopic (exact) mass is 497 g/mol. The maximum absolute atomic E-state index is 14.3. The normalized spacial score (nSPS) is 13.2. The van der Waals surface area contributed by atoms with Gasteiger partial charge in [0, 0.05) is 29.9 Å². The fourth-order valence-electron chi connectivity index (χ4n) is 4.94. The van der Waals surface area contributed by atoms with Crippen molar-refractivity contribution < 1.29 is 13.9 Å². The summed E-state index contributed by atoms with van der Waals surface area (Å²) in [4.78, 5) is 14.3. The van der Waals surface area contributed by atoms with Crippen LogP contribution in [0.4, 0.5) is 10.1 Å². The molecule has 0 atom stereocenters. The fourth-order valence-corrected chi connectivity index (χ4v) is 4.94. The largest absolute Gasteiger partial charge is 0.465 e. The zero-order valence-electron chi connectivity index (χ0n) is 21.9. The number of esters is 1. The van der Waals surface area contributed by atoms with Crippen LogP contribution in [0.3, 0.4) is 0 Å². The van der Waals surface area contributed by atoms with E-state index in [9.17, 15) is 9.18 Å². The molecule has 1 saturated carbocycles. The van der Waals surface area contributed by atoms with Gasteiger partial charge in [0.25, 0.3) is 0 Å². The number of anilines is 1. The second kappa shape index (κ2) is 13.1. The van der Waals surface area contributed by atoms with Crippen molar-refractivity contribution in [1.82, 2.24) is 0 Å². The Kier molecular flexibility index (Phi) is 9.38. The molecule has 3 aromatic carbocycles. The average Bonchev–Trinajstić information content (AvgIpc) is 3.45. The highest BCUT2D eigenvalue weighted by atomic mass is 19.1. The molecule has 0 N–H and O–H groups in total. The lowest BCUT2D eigenvalue weighted by Gasteiger charge is -2.28. The molecule has 0 spiro atoms. The number of hydrogen-bond donors (Lipinski definition) is 0. The lowest BCUT2D eigenvalue weighted by molar-refractivity contribution is 0.0595.